The first-order valence-electron chi connectivity index (χ1n) is 10.5. The van der Waals surface area contributed by atoms with Gasteiger partial charge in [-0.05, 0) is 110 Å². The molecule has 0 radical (unpaired) electrons. The van der Waals surface area contributed by atoms with Crippen LogP contribution in [0.1, 0.15) is 22.3 Å². The molecule has 3 aromatic carbocycles. The molecular formula is C26H19Br2FN2O4. The predicted molar refractivity (Wildman–Crippen MR) is 137 cm³/mol. The van der Waals surface area contributed by atoms with Gasteiger partial charge in [0.05, 0.1) is 14.6 Å². The first-order chi connectivity index (χ1) is 16.6. The summed E-state index contributed by atoms with van der Waals surface area (Å²) in [5, 5.41) is 2.23. The number of aryl methyl sites for hydroxylation is 2. The van der Waals surface area contributed by atoms with E-state index in [1.807, 2.05) is 19.9 Å². The van der Waals surface area contributed by atoms with E-state index >= 15 is 0 Å². The van der Waals surface area contributed by atoms with Gasteiger partial charge in [-0.2, -0.15) is 0 Å². The molecule has 1 saturated heterocycles. The van der Waals surface area contributed by atoms with E-state index in [4.69, 9.17) is 4.74 Å². The molecule has 178 valence electrons. The van der Waals surface area contributed by atoms with Crippen LogP contribution in [0.25, 0.3) is 6.08 Å². The number of carbonyl (C=O) groups is 3. The molecule has 35 heavy (non-hydrogen) atoms. The van der Waals surface area contributed by atoms with Gasteiger partial charge >= 0.3 is 6.03 Å². The number of barbiturate groups is 1. The summed E-state index contributed by atoms with van der Waals surface area (Å²) in [5.74, 6) is -1.38. The zero-order chi connectivity index (χ0) is 25.3. The summed E-state index contributed by atoms with van der Waals surface area (Å²) in [5.41, 5.74) is 3.30. The van der Waals surface area contributed by atoms with Gasteiger partial charge in [-0.1, -0.05) is 18.2 Å². The maximum absolute atomic E-state index is 13.4. The SMILES string of the molecule is Cc1ccc(N2C(=O)NC(=O)/C(=C\c3cc(Br)c(OCc4cccc(F)c4)c(Br)c3)C2=O)cc1C. The van der Waals surface area contributed by atoms with E-state index in [-0.39, 0.29) is 18.0 Å². The van der Waals surface area contributed by atoms with Gasteiger partial charge < -0.3 is 4.74 Å². The molecular weight excluding hydrogens is 583 g/mol. The molecule has 0 atom stereocenters. The summed E-state index contributed by atoms with van der Waals surface area (Å²) in [4.78, 5) is 39.1. The van der Waals surface area contributed by atoms with Gasteiger partial charge in [0.25, 0.3) is 11.8 Å². The van der Waals surface area contributed by atoms with Crippen molar-refractivity contribution in [2.45, 2.75) is 20.5 Å². The predicted octanol–water partition coefficient (Wildman–Crippen LogP) is 6.21. The summed E-state index contributed by atoms with van der Waals surface area (Å²) < 4.78 is 20.4. The van der Waals surface area contributed by atoms with Crippen molar-refractivity contribution in [3.63, 3.8) is 0 Å². The lowest BCUT2D eigenvalue weighted by atomic mass is 10.0. The van der Waals surface area contributed by atoms with Crippen molar-refractivity contribution >= 4 is 61.5 Å². The number of hydrogen-bond acceptors (Lipinski definition) is 4. The molecule has 4 rings (SSSR count). The Hall–Kier alpha value is -3.30. The number of nitrogens with zero attached hydrogens (tertiary/aromatic N) is 1. The number of benzene rings is 3. The van der Waals surface area contributed by atoms with Crippen LogP contribution in [0.15, 0.2) is 69.1 Å². The highest BCUT2D eigenvalue weighted by Gasteiger charge is 2.37. The van der Waals surface area contributed by atoms with E-state index in [0.29, 0.717) is 31.5 Å². The Morgan fingerprint density at radius 1 is 0.971 bits per heavy atom. The Balaban J connectivity index is 1.62. The number of anilines is 1. The molecule has 1 aliphatic rings. The summed E-state index contributed by atoms with van der Waals surface area (Å²) >= 11 is 6.89. The van der Waals surface area contributed by atoms with Gasteiger partial charge in [0, 0.05) is 0 Å². The second-order valence-corrected chi connectivity index (χ2v) is 9.67. The van der Waals surface area contributed by atoms with Gasteiger partial charge in [-0.15, -0.1) is 0 Å². The minimum atomic E-state index is -0.802. The fourth-order valence-corrected chi connectivity index (χ4v) is 4.96. The van der Waals surface area contributed by atoms with Crippen LogP contribution in [-0.4, -0.2) is 17.8 Å². The zero-order valence-electron chi connectivity index (χ0n) is 18.7. The molecule has 0 aromatic heterocycles. The molecule has 0 aliphatic carbocycles. The molecule has 0 saturated carbocycles. The van der Waals surface area contributed by atoms with Crippen LogP contribution in [0.4, 0.5) is 14.9 Å². The third-order valence-corrected chi connectivity index (χ3v) is 6.63. The fourth-order valence-electron chi connectivity index (χ4n) is 3.51. The minimum Gasteiger partial charge on any atom is -0.487 e. The number of imide groups is 2. The molecule has 9 heteroatoms. The first kappa shape index (κ1) is 24.8. The molecule has 1 fully saturated rings. The van der Waals surface area contributed by atoms with Gasteiger partial charge in [0.2, 0.25) is 0 Å². The lowest BCUT2D eigenvalue weighted by Gasteiger charge is -2.27. The normalized spacial score (nSPS) is 14.9. The van der Waals surface area contributed by atoms with Crippen molar-refractivity contribution in [1.82, 2.24) is 5.32 Å². The number of nitrogens with one attached hydrogen (secondary N) is 1. The maximum atomic E-state index is 13.4. The average molecular weight is 602 g/mol. The van der Waals surface area contributed by atoms with Crippen LogP contribution in [0.2, 0.25) is 0 Å². The van der Waals surface area contributed by atoms with Crippen molar-refractivity contribution in [2.24, 2.45) is 0 Å². The van der Waals surface area contributed by atoms with Crippen molar-refractivity contribution in [1.29, 1.82) is 0 Å². The topological polar surface area (TPSA) is 75.7 Å². The highest BCUT2D eigenvalue weighted by Crippen LogP contribution is 2.36. The van der Waals surface area contributed by atoms with Gasteiger partial charge in [-0.3, -0.25) is 14.9 Å². The smallest absolute Gasteiger partial charge is 0.335 e. The Kier molecular flexibility index (Phi) is 7.18. The molecule has 1 aliphatic heterocycles. The molecule has 1 N–H and O–H groups in total. The van der Waals surface area contributed by atoms with E-state index in [2.05, 4.69) is 37.2 Å². The van der Waals surface area contributed by atoms with E-state index in [9.17, 15) is 18.8 Å². The third-order valence-electron chi connectivity index (χ3n) is 5.45. The monoisotopic (exact) mass is 600 g/mol. The highest BCUT2D eigenvalue weighted by atomic mass is 79.9. The van der Waals surface area contributed by atoms with Crippen LogP contribution >= 0.6 is 31.9 Å². The number of halogens is 3. The van der Waals surface area contributed by atoms with Crippen molar-refractivity contribution in [3.8, 4) is 5.75 Å². The average Bonchev–Trinajstić information content (AvgIpc) is 2.78. The summed E-state index contributed by atoms with van der Waals surface area (Å²) in [7, 11) is 0. The van der Waals surface area contributed by atoms with Crippen molar-refractivity contribution in [2.75, 3.05) is 4.90 Å². The lowest BCUT2D eigenvalue weighted by Crippen LogP contribution is -2.54. The number of ether oxygens (including phenoxy) is 1. The summed E-state index contributed by atoms with van der Waals surface area (Å²) in [6, 6.07) is 13.8. The van der Waals surface area contributed by atoms with Crippen LogP contribution in [0, 0.1) is 19.7 Å². The largest absolute Gasteiger partial charge is 0.487 e. The second-order valence-electron chi connectivity index (χ2n) is 7.96. The van der Waals surface area contributed by atoms with Crippen LogP contribution in [0.5, 0.6) is 5.75 Å². The lowest BCUT2D eigenvalue weighted by molar-refractivity contribution is -0.122. The molecule has 1 heterocycles. The zero-order valence-corrected chi connectivity index (χ0v) is 21.9. The summed E-state index contributed by atoms with van der Waals surface area (Å²) in [6.45, 7) is 3.94. The van der Waals surface area contributed by atoms with Crippen LogP contribution in [-0.2, 0) is 16.2 Å². The van der Waals surface area contributed by atoms with Gasteiger partial charge in [0.15, 0.2) is 0 Å². The molecule has 4 amide bonds. The number of urea groups is 1. The number of amides is 4. The molecule has 6 nitrogen and oxygen atoms in total. The highest BCUT2D eigenvalue weighted by molar-refractivity contribution is 9.11. The fraction of sp³-hybridized carbons (Fsp3) is 0.115. The standard InChI is InChI=1S/C26H19Br2FN2O4/c1-14-6-7-19(8-15(14)2)31-25(33)20(24(32)30-26(31)34)10-17-11-21(27)23(22(28)12-17)35-13-16-4-3-5-18(29)9-16/h3-12H,13H2,1-2H3,(H,30,32,34)/b20-10+. The van der Waals surface area contributed by atoms with Crippen molar-refractivity contribution < 1.29 is 23.5 Å². The Morgan fingerprint density at radius 3 is 2.34 bits per heavy atom. The third kappa shape index (κ3) is 5.36. The second kappa shape index (κ2) is 10.1. The van der Waals surface area contributed by atoms with Crippen LogP contribution < -0.4 is 15.0 Å². The van der Waals surface area contributed by atoms with Crippen molar-refractivity contribution in [3.05, 3.63) is 97.2 Å². The Labute approximate surface area is 218 Å². The summed E-state index contributed by atoms with van der Waals surface area (Å²) in [6.07, 6.45) is 1.41. The quantitative estimate of drug-likeness (QED) is 0.279. The molecule has 0 unspecified atom stereocenters. The number of carbonyl (C=O) groups excluding carboxylic acids is 3. The van der Waals surface area contributed by atoms with Crippen LogP contribution in [0.3, 0.4) is 0 Å². The van der Waals surface area contributed by atoms with E-state index < -0.39 is 17.8 Å². The number of rotatable bonds is 5. The Bertz CT molecular complexity index is 1380. The molecule has 3 aromatic rings. The van der Waals surface area contributed by atoms with E-state index in [1.165, 1.54) is 18.2 Å². The minimum absolute atomic E-state index is 0.142. The van der Waals surface area contributed by atoms with E-state index in [0.717, 1.165) is 16.0 Å². The number of hydrogen-bond donors (Lipinski definition) is 1. The maximum Gasteiger partial charge on any atom is 0.335 e. The van der Waals surface area contributed by atoms with Gasteiger partial charge in [-0.25, -0.2) is 14.1 Å². The van der Waals surface area contributed by atoms with E-state index in [1.54, 1.807) is 36.4 Å². The molecule has 0 spiro atoms. The van der Waals surface area contributed by atoms with Gasteiger partial charge in [0.1, 0.15) is 23.7 Å². The first-order valence-corrected chi connectivity index (χ1v) is 12.1. The Morgan fingerprint density at radius 2 is 1.69 bits per heavy atom. The molecule has 0 bridgehead atoms.